The van der Waals surface area contributed by atoms with Gasteiger partial charge in [0, 0.05) is 6.20 Å². The maximum atomic E-state index is 10.1. The van der Waals surface area contributed by atoms with Gasteiger partial charge in [-0.25, -0.2) is 9.78 Å². The molecule has 5 N–H and O–H groups in total. The molecule has 0 saturated carbocycles. The van der Waals surface area contributed by atoms with Crippen LogP contribution >= 0.6 is 11.3 Å². The quantitative estimate of drug-likeness (QED) is 0.245. The Kier molecular flexibility index (Phi) is 3.24. The number of amidine groups is 1. The van der Waals surface area contributed by atoms with Crippen LogP contribution in [0.25, 0.3) is 0 Å². The summed E-state index contributed by atoms with van der Waals surface area (Å²) in [6.07, 6.45) is 0.295. The SMILES string of the molecule is NC(=NO)c1cnc(CNC(=O)O)s1. The van der Waals surface area contributed by atoms with Crippen LogP contribution in [-0.4, -0.2) is 27.2 Å². The molecule has 76 valence electrons. The molecule has 0 unspecified atom stereocenters. The zero-order chi connectivity index (χ0) is 10.6. The number of nitrogens with two attached hydrogens (primary N) is 1. The largest absolute Gasteiger partial charge is 0.465 e. The number of nitrogens with one attached hydrogen (secondary N) is 1. The van der Waals surface area contributed by atoms with E-state index in [0.29, 0.717) is 9.88 Å². The van der Waals surface area contributed by atoms with Crippen LogP contribution in [0.2, 0.25) is 0 Å². The molecule has 1 amide bonds. The van der Waals surface area contributed by atoms with E-state index in [0.717, 1.165) is 11.3 Å². The molecule has 1 aromatic heterocycles. The lowest BCUT2D eigenvalue weighted by Gasteiger charge is -1.94. The van der Waals surface area contributed by atoms with Crippen molar-refractivity contribution in [3.05, 3.63) is 16.1 Å². The Hall–Kier alpha value is -1.83. The van der Waals surface area contributed by atoms with Gasteiger partial charge in [-0.2, -0.15) is 0 Å². The summed E-state index contributed by atoms with van der Waals surface area (Å²) in [4.78, 5) is 14.5. The first-order valence-electron chi connectivity index (χ1n) is 3.53. The molecule has 1 heterocycles. The fourth-order valence-corrected chi connectivity index (χ4v) is 1.47. The van der Waals surface area contributed by atoms with Gasteiger partial charge in [0.05, 0.1) is 11.4 Å². The molecule has 0 spiro atoms. The van der Waals surface area contributed by atoms with E-state index >= 15 is 0 Å². The van der Waals surface area contributed by atoms with Gasteiger partial charge in [-0.05, 0) is 0 Å². The Morgan fingerprint density at radius 1 is 1.79 bits per heavy atom. The van der Waals surface area contributed by atoms with Gasteiger partial charge in [0.2, 0.25) is 0 Å². The van der Waals surface area contributed by atoms with Crippen LogP contribution < -0.4 is 11.1 Å². The molecule has 0 saturated heterocycles. The Morgan fingerprint density at radius 3 is 3.07 bits per heavy atom. The zero-order valence-electron chi connectivity index (χ0n) is 6.97. The third kappa shape index (κ3) is 2.59. The van der Waals surface area contributed by atoms with E-state index in [4.69, 9.17) is 16.0 Å². The molecule has 0 bridgehead atoms. The van der Waals surface area contributed by atoms with Crippen molar-refractivity contribution in [2.45, 2.75) is 6.54 Å². The Morgan fingerprint density at radius 2 is 2.50 bits per heavy atom. The number of nitrogens with zero attached hydrogens (tertiary/aromatic N) is 2. The third-order valence-electron chi connectivity index (χ3n) is 1.30. The summed E-state index contributed by atoms with van der Waals surface area (Å²) in [6, 6.07) is 0. The molecular formula is C6H8N4O3S. The zero-order valence-corrected chi connectivity index (χ0v) is 7.78. The van der Waals surface area contributed by atoms with Crippen molar-refractivity contribution in [1.82, 2.24) is 10.3 Å². The fourth-order valence-electron chi connectivity index (χ4n) is 0.711. The highest BCUT2D eigenvalue weighted by Crippen LogP contribution is 2.11. The maximum absolute atomic E-state index is 10.1. The summed E-state index contributed by atoms with van der Waals surface area (Å²) in [7, 11) is 0. The van der Waals surface area contributed by atoms with Crippen LogP contribution in [0.5, 0.6) is 0 Å². The first-order valence-corrected chi connectivity index (χ1v) is 4.34. The van der Waals surface area contributed by atoms with E-state index in [1.54, 1.807) is 0 Å². The molecule has 0 aromatic carbocycles. The number of rotatable bonds is 3. The van der Waals surface area contributed by atoms with Gasteiger partial charge in [-0.1, -0.05) is 5.16 Å². The topological polar surface area (TPSA) is 121 Å². The summed E-state index contributed by atoms with van der Waals surface area (Å²) in [5, 5.41) is 22.2. The van der Waals surface area contributed by atoms with Gasteiger partial charge in [0.15, 0.2) is 5.84 Å². The van der Waals surface area contributed by atoms with Crippen LogP contribution in [-0.2, 0) is 6.54 Å². The Balaban J connectivity index is 2.64. The number of carboxylic acid groups (broad SMARTS) is 1. The molecule has 8 heteroatoms. The van der Waals surface area contributed by atoms with E-state index in [1.807, 2.05) is 0 Å². The fraction of sp³-hybridized carbons (Fsp3) is 0.167. The van der Waals surface area contributed by atoms with Crippen molar-refractivity contribution < 1.29 is 15.1 Å². The van der Waals surface area contributed by atoms with Gasteiger partial charge < -0.3 is 21.4 Å². The average Bonchev–Trinajstić information content (AvgIpc) is 2.62. The summed E-state index contributed by atoms with van der Waals surface area (Å²) in [5.74, 6) is -0.0379. The number of oxime groups is 1. The van der Waals surface area contributed by atoms with E-state index in [-0.39, 0.29) is 12.4 Å². The molecule has 7 nitrogen and oxygen atoms in total. The number of aromatic nitrogens is 1. The minimum Gasteiger partial charge on any atom is -0.465 e. The lowest BCUT2D eigenvalue weighted by atomic mass is 10.5. The van der Waals surface area contributed by atoms with Crippen molar-refractivity contribution in [2.75, 3.05) is 0 Å². The minimum atomic E-state index is -1.12. The van der Waals surface area contributed by atoms with Crippen LogP contribution in [0.3, 0.4) is 0 Å². The Bertz CT molecular complexity index is 362. The molecule has 0 aliphatic rings. The molecule has 0 aliphatic carbocycles. The molecule has 1 aromatic rings. The van der Waals surface area contributed by atoms with E-state index in [2.05, 4.69) is 15.5 Å². The highest BCUT2D eigenvalue weighted by molar-refractivity contribution is 7.13. The number of amides is 1. The standard InChI is InChI=1S/C6H8N4O3S/c7-5(10-13)3-1-8-4(14-3)2-9-6(11)12/h1,9,13H,2H2,(H2,7,10)(H,11,12). The minimum absolute atomic E-state index is 0.0379. The van der Waals surface area contributed by atoms with Gasteiger partial charge in [0.25, 0.3) is 0 Å². The third-order valence-corrected chi connectivity index (χ3v) is 2.32. The van der Waals surface area contributed by atoms with E-state index in [9.17, 15) is 4.79 Å². The van der Waals surface area contributed by atoms with Gasteiger partial charge in [0.1, 0.15) is 5.01 Å². The molecular weight excluding hydrogens is 208 g/mol. The first-order chi connectivity index (χ1) is 6.63. The lowest BCUT2D eigenvalue weighted by molar-refractivity contribution is 0.194. The molecule has 0 radical (unpaired) electrons. The highest BCUT2D eigenvalue weighted by Gasteiger charge is 2.06. The maximum Gasteiger partial charge on any atom is 0.405 e. The van der Waals surface area contributed by atoms with Crippen molar-refractivity contribution in [2.24, 2.45) is 10.9 Å². The van der Waals surface area contributed by atoms with Crippen molar-refractivity contribution in [3.63, 3.8) is 0 Å². The van der Waals surface area contributed by atoms with Gasteiger partial charge in [-0.15, -0.1) is 11.3 Å². The van der Waals surface area contributed by atoms with Crippen LogP contribution in [0.4, 0.5) is 4.79 Å². The van der Waals surface area contributed by atoms with Crippen LogP contribution in [0, 0.1) is 0 Å². The Labute approximate surface area is 82.9 Å². The van der Waals surface area contributed by atoms with Crippen LogP contribution in [0.1, 0.15) is 9.88 Å². The number of hydrogen-bond acceptors (Lipinski definition) is 5. The van der Waals surface area contributed by atoms with Crippen LogP contribution in [0.15, 0.2) is 11.4 Å². The van der Waals surface area contributed by atoms with Crippen molar-refractivity contribution in [1.29, 1.82) is 0 Å². The molecule has 1 rings (SSSR count). The monoisotopic (exact) mass is 216 g/mol. The van der Waals surface area contributed by atoms with Crippen molar-refractivity contribution >= 4 is 23.3 Å². The average molecular weight is 216 g/mol. The summed E-state index contributed by atoms with van der Waals surface area (Å²) >= 11 is 1.15. The summed E-state index contributed by atoms with van der Waals surface area (Å²) in [6.45, 7) is 0.110. The number of carbonyl (C=O) groups is 1. The first kappa shape index (κ1) is 10.3. The van der Waals surface area contributed by atoms with E-state index in [1.165, 1.54) is 6.20 Å². The van der Waals surface area contributed by atoms with Gasteiger partial charge >= 0.3 is 6.09 Å². The second-order valence-electron chi connectivity index (χ2n) is 2.26. The summed E-state index contributed by atoms with van der Waals surface area (Å²) in [5.41, 5.74) is 5.30. The summed E-state index contributed by atoms with van der Waals surface area (Å²) < 4.78 is 0. The number of thiazole rings is 1. The lowest BCUT2D eigenvalue weighted by Crippen LogP contribution is -2.19. The number of hydrogen-bond donors (Lipinski definition) is 4. The molecule has 0 aliphatic heterocycles. The second-order valence-corrected chi connectivity index (χ2v) is 3.38. The molecule has 0 atom stereocenters. The molecule has 14 heavy (non-hydrogen) atoms. The second kappa shape index (κ2) is 4.42. The molecule has 0 fully saturated rings. The van der Waals surface area contributed by atoms with Gasteiger partial charge in [-0.3, -0.25) is 0 Å². The van der Waals surface area contributed by atoms with Crippen molar-refractivity contribution in [3.8, 4) is 0 Å². The predicted molar refractivity (Wildman–Crippen MR) is 49.5 cm³/mol. The smallest absolute Gasteiger partial charge is 0.405 e. The normalized spacial score (nSPS) is 11.3. The predicted octanol–water partition coefficient (Wildman–Crippen LogP) is 0.00520. The highest BCUT2D eigenvalue weighted by atomic mass is 32.1. The van der Waals surface area contributed by atoms with E-state index < -0.39 is 6.09 Å².